The molecule has 1 aromatic carbocycles. The number of halogens is 2. The van der Waals surface area contributed by atoms with Gasteiger partial charge >= 0.3 is 0 Å². The van der Waals surface area contributed by atoms with Crippen LogP contribution in [0.15, 0.2) is 24.3 Å². The van der Waals surface area contributed by atoms with Crippen molar-refractivity contribution in [3.8, 4) is 0 Å². The Morgan fingerprint density at radius 1 is 1.36 bits per heavy atom. The molecule has 0 fully saturated rings. The molecule has 4 heteroatoms. The van der Waals surface area contributed by atoms with E-state index in [2.05, 4.69) is 5.32 Å². The number of rotatable bonds is 3. The van der Waals surface area contributed by atoms with E-state index in [-0.39, 0.29) is 5.69 Å². The Balaban J connectivity index is 2.81. The Labute approximate surface area is 81.4 Å². The maximum Gasteiger partial charge on any atom is 0.161 e. The second-order valence-corrected chi connectivity index (χ2v) is 2.80. The van der Waals surface area contributed by atoms with Crippen molar-refractivity contribution in [1.29, 1.82) is 0 Å². The molecular weight excluding hydrogens is 186 g/mol. The predicted molar refractivity (Wildman–Crippen MR) is 54.1 cm³/mol. The summed E-state index contributed by atoms with van der Waals surface area (Å²) in [5.74, 6) is -1.83. The van der Waals surface area contributed by atoms with Gasteiger partial charge in [-0.2, -0.15) is 0 Å². The SMILES string of the molecule is C/C=C/CNc1cc(F)c(F)cc1N. The lowest BCUT2D eigenvalue weighted by Crippen LogP contribution is -2.03. The first-order chi connectivity index (χ1) is 6.65. The van der Waals surface area contributed by atoms with E-state index in [0.717, 1.165) is 12.1 Å². The predicted octanol–water partition coefficient (Wildman–Crippen LogP) is 2.54. The molecule has 0 atom stereocenters. The maximum atomic E-state index is 12.8. The van der Waals surface area contributed by atoms with Gasteiger partial charge in [0.25, 0.3) is 0 Å². The van der Waals surface area contributed by atoms with Crippen molar-refractivity contribution >= 4 is 11.4 Å². The molecule has 0 heterocycles. The molecule has 0 amide bonds. The lowest BCUT2D eigenvalue weighted by molar-refractivity contribution is 0.509. The van der Waals surface area contributed by atoms with Crippen molar-refractivity contribution in [3.63, 3.8) is 0 Å². The summed E-state index contributed by atoms with van der Waals surface area (Å²) in [5.41, 5.74) is 6.09. The molecule has 0 radical (unpaired) electrons. The zero-order valence-electron chi connectivity index (χ0n) is 7.85. The van der Waals surface area contributed by atoms with Gasteiger partial charge in [0.15, 0.2) is 11.6 Å². The van der Waals surface area contributed by atoms with Crippen LogP contribution in [0.3, 0.4) is 0 Å². The molecule has 0 saturated heterocycles. The summed E-state index contributed by atoms with van der Waals surface area (Å²) in [7, 11) is 0. The van der Waals surface area contributed by atoms with Gasteiger partial charge in [-0.1, -0.05) is 12.2 Å². The molecule has 3 N–H and O–H groups in total. The average Bonchev–Trinajstić information content (AvgIpc) is 2.14. The summed E-state index contributed by atoms with van der Waals surface area (Å²) in [6, 6.07) is 2.02. The van der Waals surface area contributed by atoms with E-state index in [0.29, 0.717) is 12.2 Å². The van der Waals surface area contributed by atoms with Crippen LogP contribution >= 0.6 is 0 Å². The van der Waals surface area contributed by atoms with Gasteiger partial charge in [0, 0.05) is 18.7 Å². The molecule has 1 rings (SSSR count). The van der Waals surface area contributed by atoms with Crippen LogP contribution in [0.4, 0.5) is 20.2 Å². The first-order valence-corrected chi connectivity index (χ1v) is 4.24. The molecule has 2 nitrogen and oxygen atoms in total. The van der Waals surface area contributed by atoms with Gasteiger partial charge in [-0.15, -0.1) is 0 Å². The number of nitrogens with one attached hydrogen (secondary N) is 1. The highest BCUT2D eigenvalue weighted by Crippen LogP contribution is 2.21. The van der Waals surface area contributed by atoms with Gasteiger partial charge in [-0.3, -0.25) is 0 Å². The van der Waals surface area contributed by atoms with Crippen LogP contribution in [0, 0.1) is 11.6 Å². The molecule has 76 valence electrons. The summed E-state index contributed by atoms with van der Waals surface area (Å²) >= 11 is 0. The molecule has 0 aliphatic rings. The summed E-state index contributed by atoms with van der Waals surface area (Å²) < 4.78 is 25.4. The summed E-state index contributed by atoms with van der Waals surface area (Å²) in [6.07, 6.45) is 3.70. The highest BCUT2D eigenvalue weighted by molar-refractivity contribution is 5.66. The van der Waals surface area contributed by atoms with Crippen LogP contribution in [-0.4, -0.2) is 6.54 Å². The quantitative estimate of drug-likeness (QED) is 0.578. The van der Waals surface area contributed by atoms with Crippen LogP contribution in [0.1, 0.15) is 6.92 Å². The van der Waals surface area contributed by atoms with Gasteiger partial charge < -0.3 is 11.1 Å². The number of anilines is 2. The summed E-state index contributed by atoms with van der Waals surface area (Å²) in [5, 5.41) is 2.86. The molecule has 0 aliphatic carbocycles. The van der Waals surface area contributed by atoms with Crippen LogP contribution in [-0.2, 0) is 0 Å². The molecular formula is C10H12F2N2. The van der Waals surface area contributed by atoms with Gasteiger partial charge in [-0.25, -0.2) is 8.78 Å². The van der Waals surface area contributed by atoms with Crippen LogP contribution in [0.5, 0.6) is 0 Å². The summed E-state index contributed by atoms with van der Waals surface area (Å²) in [6.45, 7) is 2.40. The number of benzene rings is 1. The van der Waals surface area contributed by atoms with E-state index < -0.39 is 11.6 Å². The maximum absolute atomic E-state index is 12.8. The number of hydrogen-bond acceptors (Lipinski definition) is 2. The highest BCUT2D eigenvalue weighted by Gasteiger charge is 2.06. The fraction of sp³-hybridized carbons (Fsp3) is 0.200. The van der Waals surface area contributed by atoms with Crippen LogP contribution < -0.4 is 11.1 Å². The van der Waals surface area contributed by atoms with Crippen LogP contribution in [0.25, 0.3) is 0 Å². The topological polar surface area (TPSA) is 38.0 Å². The average molecular weight is 198 g/mol. The first-order valence-electron chi connectivity index (χ1n) is 4.24. The lowest BCUT2D eigenvalue weighted by Gasteiger charge is -2.07. The molecule has 0 aliphatic heterocycles. The zero-order valence-corrected chi connectivity index (χ0v) is 7.85. The minimum absolute atomic E-state index is 0.202. The van der Waals surface area contributed by atoms with Crippen molar-refractivity contribution in [1.82, 2.24) is 0 Å². The van der Waals surface area contributed by atoms with Crippen molar-refractivity contribution in [2.75, 3.05) is 17.6 Å². The third-order valence-electron chi connectivity index (χ3n) is 1.74. The molecule has 0 unspecified atom stereocenters. The monoisotopic (exact) mass is 198 g/mol. The second-order valence-electron chi connectivity index (χ2n) is 2.80. The Hall–Kier alpha value is -1.58. The molecule has 1 aromatic rings. The second kappa shape index (κ2) is 4.60. The fourth-order valence-electron chi connectivity index (χ4n) is 1.00. The van der Waals surface area contributed by atoms with Crippen LogP contribution in [0.2, 0.25) is 0 Å². The number of allylic oxidation sites excluding steroid dienone is 1. The zero-order chi connectivity index (χ0) is 10.6. The third kappa shape index (κ3) is 2.45. The summed E-state index contributed by atoms with van der Waals surface area (Å²) in [4.78, 5) is 0. The number of nitrogens with two attached hydrogens (primary N) is 1. The minimum Gasteiger partial charge on any atom is -0.397 e. The van der Waals surface area contributed by atoms with E-state index in [4.69, 9.17) is 5.73 Å². The van der Waals surface area contributed by atoms with Gasteiger partial charge in [0.2, 0.25) is 0 Å². The van der Waals surface area contributed by atoms with E-state index >= 15 is 0 Å². The van der Waals surface area contributed by atoms with Gasteiger partial charge in [0.05, 0.1) is 11.4 Å². The Morgan fingerprint density at radius 2 is 2.00 bits per heavy atom. The van der Waals surface area contributed by atoms with E-state index in [1.807, 2.05) is 19.1 Å². The van der Waals surface area contributed by atoms with Gasteiger partial charge in [0.1, 0.15) is 0 Å². The van der Waals surface area contributed by atoms with Crippen molar-refractivity contribution in [2.45, 2.75) is 6.92 Å². The van der Waals surface area contributed by atoms with Crippen molar-refractivity contribution in [2.24, 2.45) is 0 Å². The third-order valence-corrected chi connectivity index (χ3v) is 1.74. The highest BCUT2D eigenvalue weighted by atomic mass is 19.2. The Morgan fingerprint density at radius 3 is 2.64 bits per heavy atom. The van der Waals surface area contributed by atoms with Crippen molar-refractivity contribution in [3.05, 3.63) is 35.9 Å². The lowest BCUT2D eigenvalue weighted by atomic mass is 10.2. The molecule has 14 heavy (non-hydrogen) atoms. The normalized spacial score (nSPS) is 10.8. The van der Waals surface area contributed by atoms with Gasteiger partial charge in [-0.05, 0) is 6.92 Å². The largest absolute Gasteiger partial charge is 0.397 e. The number of nitrogen functional groups attached to an aromatic ring is 1. The smallest absolute Gasteiger partial charge is 0.161 e. The molecule has 0 aromatic heterocycles. The minimum atomic E-state index is -0.931. The number of hydrogen-bond donors (Lipinski definition) is 2. The molecule has 0 saturated carbocycles. The Bertz CT molecular complexity index is 348. The molecule has 0 spiro atoms. The Kier molecular flexibility index (Phi) is 3.45. The van der Waals surface area contributed by atoms with E-state index in [1.54, 1.807) is 0 Å². The van der Waals surface area contributed by atoms with Crippen molar-refractivity contribution < 1.29 is 8.78 Å². The first kappa shape index (κ1) is 10.5. The van der Waals surface area contributed by atoms with E-state index in [1.165, 1.54) is 0 Å². The van der Waals surface area contributed by atoms with E-state index in [9.17, 15) is 8.78 Å². The fourth-order valence-corrected chi connectivity index (χ4v) is 1.00. The standard InChI is InChI=1S/C10H12F2N2/c1-2-3-4-14-10-6-8(12)7(11)5-9(10)13/h2-3,5-6,14H,4,13H2,1H3/b3-2+. The molecule has 0 bridgehead atoms.